The number of Topliss-reactive ketones (excluding diaryl/α,β-unsaturated/α-hetero) is 1. The standard InChI is InChI=1S/C14H19NO2/c1-11(15-9-3-4-10-15)14(16)12-5-7-13(17-2)8-6-12/h5-8,11H,3-4,9-10H2,1-2H3/t11-/m1/s1. The molecule has 2 rings (SSSR count). The third-order valence-corrected chi connectivity index (χ3v) is 3.44. The molecule has 0 saturated carbocycles. The van der Waals surface area contributed by atoms with Crippen LogP contribution in [0.5, 0.6) is 5.75 Å². The van der Waals surface area contributed by atoms with Crippen molar-refractivity contribution >= 4 is 5.78 Å². The Morgan fingerprint density at radius 2 is 1.82 bits per heavy atom. The number of rotatable bonds is 4. The molecule has 1 saturated heterocycles. The summed E-state index contributed by atoms with van der Waals surface area (Å²) in [6, 6.07) is 7.35. The molecule has 17 heavy (non-hydrogen) atoms. The highest BCUT2D eigenvalue weighted by Gasteiger charge is 2.24. The summed E-state index contributed by atoms with van der Waals surface area (Å²) >= 11 is 0. The lowest BCUT2D eigenvalue weighted by Crippen LogP contribution is -2.36. The number of likely N-dealkylation sites (tertiary alicyclic amines) is 1. The van der Waals surface area contributed by atoms with Crippen molar-refractivity contribution in [3.63, 3.8) is 0 Å². The first-order valence-corrected chi connectivity index (χ1v) is 6.14. The summed E-state index contributed by atoms with van der Waals surface area (Å²) in [5, 5.41) is 0. The molecule has 3 heteroatoms. The van der Waals surface area contributed by atoms with Crippen molar-refractivity contribution in [1.29, 1.82) is 0 Å². The van der Waals surface area contributed by atoms with E-state index in [1.807, 2.05) is 31.2 Å². The van der Waals surface area contributed by atoms with Gasteiger partial charge in [0.25, 0.3) is 0 Å². The maximum atomic E-state index is 12.2. The molecule has 1 heterocycles. The van der Waals surface area contributed by atoms with Gasteiger partial charge in [-0.05, 0) is 57.1 Å². The summed E-state index contributed by atoms with van der Waals surface area (Å²) in [5.74, 6) is 0.991. The Balaban J connectivity index is 2.07. The van der Waals surface area contributed by atoms with Gasteiger partial charge in [-0.15, -0.1) is 0 Å². The highest BCUT2D eigenvalue weighted by Crippen LogP contribution is 2.17. The van der Waals surface area contributed by atoms with Gasteiger partial charge in [0.15, 0.2) is 5.78 Å². The van der Waals surface area contributed by atoms with E-state index in [2.05, 4.69) is 4.90 Å². The predicted octanol–water partition coefficient (Wildman–Crippen LogP) is 2.36. The van der Waals surface area contributed by atoms with Gasteiger partial charge in [-0.25, -0.2) is 0 Å². The van der Waals surface area contributed by atoms with Crippen LogP contribution in [0.1, 0.15) is 30.1 Å². The second kappa shape index (κ2) is 5.32. The van der Waals surface area contributed by atoms with Crippen LogP contribution in [0.3, 0.4) is 0 Å². The topological polar surface area (TPSA) is 29.5 Å². The fourth-order valence-corrected chi connectivity index (χ4v) is 2.29. The number of carbonyl (C=O) groups is 1. The van der Waals surface area contributed by atoms with E-state index in [4.69, 9.17) is 4.74 Å². The zero-order valence-electron chi connectivity index (χ0n) is 10.5. The molecule has 0 radical (unpaired) electrons. The fourth-order valence-electron chi connectivity index (χ4n) is 2.29. The summed E-state index contributed by atoms with van der Waals surface area (Å²) in [7, 11) is 1.63. The van der Waals surface area contributed by atoms with E-state index in [-0.39, 0.29) is 11.8 Å². The predicted molar refractivity (Wildman–Crippen MR) is 67.6 cm³/mol. The minimum Gasteiger partial charge on any atom is -0.497 e. The van der Waals surface area contributed by atoms with E-state index in [1.165, 1.54) is 12.8 Å². The maximum absolute atomic E-state index is 12.2. The Hall–Kier alpha value is -1.35. The quantitative estimate of drug-likeness (QED) is 0.748. The first-order chi connectivity index (χ1) is 8.22. The Kier molecular flexibility index (Phi) is 3.79. The van der Waals surface area contributed by atoms with Crippen LogP contribution in [0.2, 0.25) is 0 Å². The largest absolute Gasteiger partial charge is 0.497 e. The molecule has 1 aliphatic heterocycles. The first-order valence-electron chi connectivity index (χ1n) is 6.14. The van der Waals surface area contributed by atoms with E-state index in [1.54, 1.807) is 7.11 Å². The average Bonchev–Trinajstić information content (AvgIpc) is 2.91. The Labute approximate surface area is 102 Å². The fraction of sp³-hybridized carbons (Fsp3) is 0.500. The number of nitrogens with zero attached hydrogens (tertiary/aromatic N) is 1. The van der Waals surface area contributed by atoms with Gasteiger partial charge in [-0.1, -0.05) is 0 Å². The summed E-state index contributed by atoms with van der Waals surface area (Å²) in [4.78, 5) is 14.5. The van der Waals surface area contributed by atoms with Crippen molar-refractivity contribution in [3.05, 3.63) is 29.8 Å². The van der Waals surface area contributed by atoms with Crippen LogP contribution in [-0.4, -0.2) is 36.9 Å². The highest BCUT2D eigenvalue weighted by atomic mass is 16.5. The average molecular weight is 233 g/mol. The Bertz CT molecular complexity index is 380. The van der Waals surface area contributed by atoms with Crippen molar-refractivity contribution in [2.24, 2.45) is 0 Å². The number of ether oxygens (including phenoxy) is 1. The molecule has 1 atom stereocenters. The van der Waals surface area contributed by atoms with Gasteiger partial charge in [-0.3, -0.25) is 9.69 Å². The normalized spacial score (nSPS) is 18.0. The van der Waals surface area contributed by atoms with Crippen molar-refractivity contribution in [1.82, 2.24) is 4.90 Å². The second-order valence-corrected chi connectivity index (χ2v) is 4.51. The monoisotopic (exact) mass is 233 g/mol. The van der Waals surface area contributed by atoms with Crippen molar-refractivity contribution < 1.29 is 9.53 Å². The van der Waals surface area contributed by atoms with Crippen molar-refractivity contribution in [2.45, 2.75) is 25.8 Å². The molecule has 0 bridgehead atoms. The van der Waals surface area contributed by atoms with Crippen LogP contribution in [0.15, 0.2) is 24.3 Å². The molecule has 0 aliphatic carbocycles. The van der Waals surface area contributed by atoms with Crippen LogP contribution in [-0.2, 0) is 0 Å². The molecule has 0 amide bonds. The van der Waals surface area contributed by atoms with Gasteiger partial charge in [0, 0.05) is 5.56 Å². The molecular formula is C14H19NO2. The molecule has 92 valence electrons. The van der Waals surface area contributed by atoms with E-state index in [9.17, 15) is 4.79 Å². The van der Waals surface area contributed by atoms with Gasteiger partial charge in [0.1, 0.15) is 5.75 Å². The lowest BCUT2D eigenvalue weighted by Gasteiger charge is -2.22. The van der Waals surface area contributed by atoms with Crippen molar-refractivity contribution in [3.8, 4) is 5.75 Å². The van der Waals surface area contributed by atoms with Crippen molar-refractivity contribution in [2.75, 3.05) is 20.2 Å². The molecular weight excluding hydrogens is 214 g/mol. The van der Waals surface area contributed by atoms with Gasteiger partial charge in [0.05, 0.1) is 13.2 Å². The van der Waals surface area contributed by atoms with Crippen LogP contribution in [0, 0.1) is 0 Å². The Morgan fingerprint density at radius 3 is 2.35 bits per heavy atom. The number of methoxy groups -OCH3 is 1. The van der Waals surface area contributed by atoms with Gasteiger partial charge < -0.3 is 4.74 Å². The van der Waals surface area contributed by atoms with Crippen LogP contribution < -0.4 is 4.74 Å². The third-order valence-electron chi connectivity index (χ3n) is 3.44. The molecule has 1 aliphatic rings. The lowest BCUT2D eigenvalue weighted by molar-refractivity contribution is 0.0867. The summed E-state index contributed by atoms with van der Waals surface area (Å²) in [6.07, 6.45) is 2.42. The number of benzene rings is 1. The molecule has 1 aromatic rings. The summed E-state index contributed by atoms with van der Waals surface area (Å²) < 4.78 is 5.09. The molecule has 0 N–H and O–H groups in total. The molecule has 0 aromatic heterocycles. The van der Waals surface area contributed by atoms with Gasteiger partial charge >= 0.3 is 0 Å². The highest BCUT2D eigenvalue weighted by molar-refractivity contribution is 5.99. The number of hydrogen-bond acceptors (Lipinski definition) is 3. The number of ketones is 1. The number of hydrogen-bond donors (Lipinski definition) is 0. The summed E-state index contributed by atoms with van der Waals surface area (Å²) in [6.45, 7) is 4.09. The van der Waals surface area contributed by atoms with E-state index < -0.39 is 0 Å². The molecule has 1 fully saturated rings. The maximum Gasteiger partial charge on any atom is 0.179 e. The molecule has 0 unspecified atom stereocenters. The second-order valence-electron chi connectivity index (χ2n) is 4.51. The van der Waals surface area contributed by atoms with Crippen LogP contribution >= 0.6 is 0 Å². The molecule has 3 nitrogen and oxygen atoms in total. The Morgan fingerprint density at radius 1 is 1.24 bits per heavy atom. The van der Waals surface area contributed by atoms with Crippen LogP contribution in [0.4, 0.5) is 0 Å². The van der Waals surface area contributed by atoms with E-state index >= 15 is 0 Å². The smallest absolute Gasteiger partial charge is 0.179 e. The zero-order valence-corrected chi connectivity index (χ0v) is 10.5. The molecule has 0 spiro atoms. The van der Waals surface area contributed by atoms with Gasteiger partial charge in [0.2, 0.25) is 0 Å². The first kappa shape index (κ1) is 12.1. The SMILES string of the molecule is COc1ccc(C(=O)[C@@H](C)N2CCCC2)cc1. The zero-order chi connectivity index (χ0) is 12.3. The third kappa shape index (κ3) is 2.67. The van der Waals surface area contributed by atoms with E-state index in [0.29, 0.717) is 0 Å². The minimum atomic E-state index is -0.00843. The van der Waals surface area contributed by atoms with Gasteiger partial charge in [-0.2, -0.15) is 0 Å². The van der Waals surface area contributed by atoms with Crippen LogP contribution in [0.25, 0.3) is 0 Å². The summed E-state index contributed by atoms with van der Waals surface area (Å²) in [5.41, 5.74) is 0.769. The molecule has 1 aromatic carbocycles. The minimum absolute atomic E-state index is 0.00843. The number of carbonyl (C=O) groups excluding carboxylic acids is 1. The van der Waals surface area contributed by atoms with E-state index in [0.717, 1.165) is 24.4 Å². The lowest BCUT2D eigenvalue weighted by atomic mass is 10.0.